The van der Waals surface area contributed by atoms with Crippen LogP contribution in [0.5, 0.6) is 0 Å². The molecule has 0 bridgehead atoms. The van der Waals surface area contributed by atoms with Crippen molar-refractivity contribution in [3.63, 3.8) is 0 Å². The van der Waals surface area contributed by atoms with E-state index in [1.807, 2.05) is 0 Å². The molecule has 3 nitrogen and oxygen atoms in total. The van der Waals surface area contributed by atoms with Crippen molar-refractivity contribution in [2.45, 2.75) is 38.3 Å². The Morgan fingerprint density at radius 1 is 1.18 bits per heavy atom. The number of para-hydroxylation sites is 1. The average Bonchev–Trinajstić information content (AvgIpc) is 3.05. The molecule has 0 unspecified atom stereocenters. The molecule has 1 N–H and O–H groups in total. The van der Waals surface area contributed by atoms with Crippen LogP contribution in [-0.2, 0) is 11.2 Å². The molecule has 0 radical (unpaired) electrons. The van der Waals surface area contributed by atoms with Crippen molar-refractivity contribution in [1.29, 1.82) is 0 Å². The normalized spacial score (nSPS) is 33.0. The Kier molecular flexibility index (Phi) is 2.42. The second-order valence-corrected chi connectivity index (χ2v) is 7.02. The summed E-state index contributed by atoms with van der Waals surface area (Å²) in [5.74, 6) is 0.998. The number of aromatic nitrogens is 1. The predicted octanol–water partition coefficient (Wildman–Crippen LogP) is 3.58. The van der Waals surface area contributed by atoms with E-state index in [0.717, 1.165) is 19.3 Å². The van der Waals surface area contributed by atoms with Gasteiger partial charge in [0.05, 0.1) is 6.04 Å². The van der Waals surface area contributed by atoms with Crippen molar-refractivity contribution in [2.75, 3.05) is 0 Å². The van der Waals surface area contributed by atoms with Gasteiger partial charge in [0.1, 0.15) is 0 Å². The van der Waals surface area contributed by atoms with Crippen LogP contribution >= 0.6 is 0 Å². The SMILES string of the molecule is C[C@H]1Cc2c([nH]c3ccccc23)[C@H]2[C@H]3CC=CC[C@@H]3C(=O)N12. The van der Waals surface area contributed by atoms with Gasteiger partial charge >= 0.3 is 0 Å². The minimum Gasteiger partial charge on any atom is -0.356 e. The third-order valence-electron chi connectivity index (χ3n) is 5.88. The molecule has 2 aliphatic heterocycles. The van der Waals surface area contributed by atoms with Crippen LogP contribution in [0.15, 0.2) is 36.4 Å². The Balaban J connectivity index is 1.73. The number of aromatic amines is 1. The molecule has 0 saturated carbocycles. The largest absolute Gasteiger partial charge is 0.356 e. The summed E-state index contributed by atoms with van der Waals surface area (Å²) in [5, 5.41) is 1.34. The zero-order valence-electron chi connectivity index (χ0n) is 12.8. The van der Waals surface area contributed by atoms with E-state index in [0.29, 0.717) is 17.9 Å². The number of hydrogen-bond acceptors (Lipinski definition) is 1. The zero-order chi connectivity index (χ0) is 14.8. The summed E-state index contributed by atoms with van der Waals surface area (Å²) in [4.78, 5) is 18.7. The first-order valence-electron chi connectivity index (χ1n) is 8.32. The number of carbonyl (C=O) groups excluding carboxylic acids is 1. The van der Waals surface area contributed by atoms with Crippen LogP contribution in [0.25, 0.3) is 10.9 Å². The summed E-state index contributed by atoms with van der Waals surface area (Å²) in [7, 11) is 0. The molecule has 1 amide bonds. The first-order valence-corrected chi connectivity index (χ1v) is 8.32. The van der Waals surface area contributed by atoms with Gasteiger partial charge in [-0.15, -0.1) is 0 Å². The predicted molar refractivity (Wildman–Crippen MR) is 86.4 cm³/mol. The fraction of sp³-hybridized carbons (Fsp3) is 0.421. The van der Waals surface area contributed by atoms with Crippen LogP contribution < -0.4 is 0 Å². The van der Waals surface area contributed by atoms with Crippen molar-refractivity contribution in [1.82, 2.24) is 9.88 Å². The standard InChI is InChI=1S/C19H20N2O/c1-11-10-15-12-6-4-5-9-16(12)20-17(15)18-13-7-2-3-8-14(13)19(22)21(11)18/h2-6,9,11,13-14,18,20H,7-8,10H2,1H3/t11-,13-,14-,18+/m0/s1. The van der Waals surface area contributed by atoms with E-state index in [1.165, 1.54) is 22.2 Å². The summed E-state index contributed by atoms with van der Waals surface area (Å²) in [5.41, 5.74) is 3.95. The van der Waals surface area contributed by atoms with E-state index in [-0.39, 0.29) is 12.0 Å². The van der Waals surface area contributed by atoms with E-state index >= 15 is 0 Å². The van der Waals surface area contributed by atoms with E-state index in [4.69, 9.17) is 0 Å². The van der Waals surface area contributed by atoms with Gasteiger partial charge in [0, 0.05) is 34.5 Å². The molecule has 3 aliphatic rings. The fourth-order valence-corrected chi connectivity index (χ4v) is 4.93. The maximum Gasteiger partial charge on any atom is 0.227 e. The summed E-state index contributed by atoms with van der Waals surface area (Å²) < 4.78 is 0. The number of carbonyl (C=O) groups is 1. The smallest absolute Gasteiger partial charge is 0.227 e. The first kappa shape index (κ1) is 12.5. The Bertz CT molecular complexity index is 803. The number of amides is 1. The minimum atomic E-state index is 0.190. The van der Waals surface area contributed by atoms with Crippen molar-refractivity contribution < 1.29 is 4.79 Å². The molecule has 3 heteroatoms. The lowest BCUT2D eigenvalue weighted by Crippen LogP contribution is -2.42. The monoisotopic (exact) mass is 292 g/mol. The van der Waals surface area contributed by atoms with Crippen LogP contribution in [0.4, 0.5) is 0 Å². The number of fused-ring (bicyclic) bond motifs is 7. The maximum absolute atomic E-state index is 12.9. The van der Waals surface area contributed by atoms with Crippen molar-refractivity contribution in [2.24, 2.45) is 11.8 Å². The van der Waals surface area contributed by atoms with Crippen LogP contribution in [-0.4, -0.2) is 21.8 Å². The molecule has 1 fully saturated rings. The van der Waals surface area contributed by atoms with Crippen molar-refractivity contribution in [3.05, 3.63) is 47.7 Å². The molecule has 1 aromatic heterocycles. The number of rotatable bonds is 0. The van der Waals surface area contributed by atoms with Crippen molar-refractivity contribution >= 4 is 16.8 Å². The van der Waals surface area contributed by atoms with Gasteiger partial charge in [0.25, 0.3) is 0 Å². The van der Waals surface area contributed by atoms with Gasteiger partial charge in [0.15, 0.2) is 0 Å². The van der Waals surface area contributed by atoms with E-state index < -0.39 is 0 Å². The number of H-pyrrole nitrogens is 1. The van der Waals surface area contributed by atoms with Crippen LogP contribution in [0.1, 0.15) is 37.1 Å². The van der Waals surface area contributed by atoms with Crippen molar-refractivity contribution in [3.8, 4) is 0 Å². The molecule has 1 aromatic carbocycles. The molecule has 2 aromatic rings. The lowest BCUT2D eigenvalue weighted by atomic mass is 9.79. The third-order valence-corrected chi connectivity index (χ3v) is 5.88. The topological polar surface area (TPSA) is 36.1 Å². The van der Waals surface area contributed by atoms with Gasteiger partial charge in [0.2, 0.25) is 5.91 Å². The number of hydrogen-bond donors (Lipinski definition) is 1. The molecule has 0 spiro atoms. The average molecular weight is 292 g/mol. The van der Waals surface area contributed by atoms with E-state index in [2.05, 4.69) is 53.2 Å². The fourth-order valence-electron chi connectivity index (χ4n) is 4.93. The minimum absolute atomic E-state index is 0.190. The van der Waals surface area contributed by atoms with Gasteiger partial charge in [-0.1, -0.05) is 30.4 Å². The van der Waals surface area contributed by atoms with Gasteiger partial charge in [-0.2, -0.15) is 0 Å². The number of benzene rings is 1. The second-order valence-electron chi connectivity index (χ2n) is 7.02. The van der Waals surface area contributed by atoms with Gasteiger partial charge in [-0.3, -0.25) is 4.79 Å². The molecule has 1 aliphatic carbocycles. The van der Waals surface area contributed by atoms with Gasteiger partial charge in [-0.05, 0) is 37.8 Å². The molecular weight excluding hydrogens is 272 g/mol. The molecule has 112 valence electrons. The number of nitrogens with one attached hydrogen (secondary N) is 1. The Morgan fingerprint density at radius 2 is 2.00 bits per heavy atom. The van der Waals surface area contributed by atoms with Gasteiger partial charge < -0.3 is 9.88 Å². The summed E-state index contributed by atoms with van der Waals surface area (Å²) in [6, 6.07) is 9.10. The highest BCUT2D eigenvalue weighted by Crippen LogP contribution is 2.51. The van der Waals surface area contributed by atoms with Crippen LogP contribution in [0.3, 0.4) is 0 Å². The van der Waals surface area contributed by atoms with Crippen LogP contribution in [0.2, 0.25) is 0 Å². The molecule has 3 heterocycles. The quantitative estimate of drug-likeness (QED) is 0.740. The Hall–Kier alpha value is -2.03. The molecule has 1 saturated heterocycles. The first-order chi connectivity index (χ1) is 10.8. The molecular formula is C19H20N2O. The summed E-state index contributed by atoms with van der Waals surface area (Å²) >= 11 is 0. The Labute approximate surface area is 130 Å². The second kappa shape index (κ2) is 4.25. The highest BCUT2D eigenvalue weighted by atomic mass is 16.2. The Morgan fingerprint density at radius 3 is 2.91 bits per heavy atom. The molecule has 5 rings (SSSR count). The lowest BCUT2D eigenvalue weighted by molar-refractivity contribution is -0.134. The molecule has 4 atom stereocenters. The van der Waals surface area contributed by atoms with E-state index in [1.54, 1.807) is 0 Å². The highest BCUT2D eigenvalue weighted by Gasteiger charge is 2.52. The third kappa shape index (κ3) is 1.44. The number of nitrogens with zero attached hydrogens (tertiary/aromatic N) is 1. The number of allylic oxidation sites excluding steroid dienone is 2. The summed E-state index contributed by atoms with van der Waals surface area (Å²) in [6.45, 7) is 2.21. The maximum atomic E-state index is 12.9. The molecule has 22 heavy (non-hydrogen) atoms. The van der Waals surface area contributed by atoms with Gasteiger partial charge in [-0.25, -0.2) is 0 Å². The van der Waals surface area contributed by atoms with Crippen LogP contribution in [0, 0.1) is 11.8 Å². The highest BCUT2D eigenvalue weighted by molar-refractivity contribution is 5.88. The van der Waals surface area contributed by atoms with E-state index in [9.17, 15) is 4.79 Å². The lowest BCUT2D eigenvalue weighted by Gasteiger charge is -2.37. The zero-order valence-corrected chi connectivity index (χ0v) is 12.8. The summed E-state index contributed by atoms with van der Waals surface area (Å²) in [6.07, 6.45) is 7.36.